The highest BCUT2D eigenvalue weighted by Crippen LogP contribution is 2.12. The van der Waals surface area contributed by atoms with Gasteiger partial charge in [-0.3, -0.25) is 9.69 Å². The molecule has 118 valence electrons. The van der Waals surface area contributed by atoms with Crippen LogP contribution in [0.1, 0.15) is 26.5 Å². The Morgan fingerprint density at radius 2 is 1.95 bits per heavy atom. The van der Waals surface area contributed by atoms with Gasteiger partial charge in [-0.1, -0.05) is 23.4 Å². The highest BCUT2D eigenvalue weighted by atomic mass is 16.2. The Hall–Kier alpha value is -2.21. The Morgan fingerprint density at radius 3 is 2.55 bits per heavy atom. The molecular formula is C16H23N5O. The molecule has 1 aromatic heterocycles. The molecule has 0 aliphatic carbocycles. The van der Waals surface area contributed by atoms with Crippen molar-refractivity contribution in [1.82, 2.24) is 19.9 Å². The number of anilines is 1. The van der Waals surface area contributed by atoms with Crippen LogP contribution in [0.3, 0.4) is 0 Å². The predicted molar refractivity (Wildman–Crippen MR) is 86.4 cm³/mol. The van der Waals surface area contributed by atoms with Crippen LogP contribution in [0.15, 0.2) is 36.5 Å². The minimum Gasteiger partial charge on any atom is -0.325 e. The maximum Gasteiger partial charge on any atom is 0.238 e. The zero-order valence-electron chi connectivity index (χ0n) is 13.6. The third kappa shape index (κ3) is 4.66. The van der Waals surface area contributed by atoms with Crippen LogP contribution in [0, 0.1) is 0 Å². The topological polar surface area (TPSA) is 63.1 Å². The number of hydrogen-bond donors (Lipinski definition) is 1. The average Bonchev–Trinajstić information content (AvgIpc) is 2.87. The van der Waals surface area contributed by atoms with E-state index >= 15 is 0 Å². The molecule has 1 heterocycles. The predicted octanol–water partition coefficient (Wildman–Crippen LogP) is 2.10. The van der Waals surface area contributed by atoms with E-state index in [-0.39, 0.29) is 11.4 Å². The quantitative estimate of drug-likeness (QED) is 0.918. The standard InChI is InChI=1S/C16H23N5O/c1-16(2,3)21-11-14(18-19-21)10-20(4)12-15(22)17-13-8-6-5-7-9-13/h5-9,11H,10,12H2,1-4H3,(H,17,22). The fourth-order valence-corrected chi connectivity index (χ4v) is 2.00. The number of aromatic nitrogens is 3. The first-order valence-electron chi connectivity index (χ1n) is 7.30. The molecule has 2 aromatic rings. The van der Waals surface area contributed by atoms with Crippen LogP contribution in [0.4, 0.5) is 5.69 Å². The zero-order chi connectivity index (χ0) is 16.2. The van der Waals surface area contributed by atoms with Crippen molar-refractivity contribution in [2.24, 2.45) is 0 Å². The maximum atomic E-state index is 12.0. The molecule has 1 amide bonds. The number of nitrogens with one attached hydrogen (secondary N) is 1. The number of nitrogens with zero attached hydrogens (tertiary/aromatic N) is 4. The molecule has 22 heavy (non-hydrogen) atoms. The Labute approximate surface area is 131 Å². The van der Waals surface area contributed by atoms with Crippen molar-refractivity contribution in [3.8, 4) is 0 Å². The molecule has 0 spiro atoms. The van der Waals surface area contributed by atoms with E-state index in [0.717, 1.165) is 11.4 Å². The van der Waals surface area contributed by atoms with Crippen LogP contribution in [0.5, 0.6) is 0 Å². The van der Waals surface area contributed by atoms with Crippen molar-refractivity contribution in [2.75, 3.05) is 18.9 Å². The third-order valence-corrected chi connectivity index (χ3v) is 3.13. The second-order valence-electron chi connectivity index (χ2n) is 6.41. The number of para-hydroxylation sites is 1. The molecule has 6 heteroatoms. The molecule has 2 rings (SSSR count). The summed E-state index contributed by atoms with van der Waals surface area (Å²) in [7, 11) is 1.89. The lowest BCUT2D eigenvalue weighted by Crippen LogP contribution is -2.30. The molecular weight excluding hydrogens is 278 g/mol. The monoisotopic (exact) mass is 301 g/mol. The van der Waals surface area contributed by atoms with Gasteiger partial charge in [0.25, 0.3) is 0 Å². The second-order valence-corrected chi connectivity index (χ2v) is 6.41. The highest BCUT2D eigenvalue weighted by molar-refractivity contribution is 5.92. The van der Waals surface area contributed by atoms with Gasteiger partial charge in [0, 0.05) is 12.2 Å². The number of hydrogen-bond acceptors (Lipinski definition) is 4. The smallest absolute Gasteiger partial charge is 0.238 e. The molecule has 0 aliphatic heterocycles. The van der Waals surface area contributed by atoms with E-state index in [1.165, 1.54) is 0 Å². The normalized spacial score (nSPS) is 11.7. The molecule has 0 fully saturated rings. The Morgan fingerprint density at radius 1 is 1.27 bits per heavy atom. The van der Waals surface area contributed by atoms with Crippen molar-refractivity contribution in [3.63, 3.8) is 0 Å². The number of carbonyl (C=O) groups excluding carboxylic acids is 1. The number of likely N-dealkylation sites (N-methyl/N-ethyl adjacent to an activating group) is 1. The molecule has 0 saturated heterocycles. The molecule has 0 saturated carbocycles. The SMILES string of the molecule is CN(CC(=O)Nc1ccccc1)Cc1cn(C(C)(C)C)nn1. The van der Waals surface area contributed by atoms with E-state index in [2.05, 4.69) is 36.4 Å². The fourth-order valence-electron chi connectivity index (χ4n) is 2.00. The van der Waals surface area contributed by atoms with Crippen LogP contribution in [0.2, 0.25) is 0 Å². The third-order valence-electron chi connectivity index (χ3n) is 3.13. The van der Waals surface area contributed by atoms with Gasteiger partial charge in [0.05, 0.1) is 24.0 Å². The molecule has 0 atom stereocenters. The van der Waals surface area contributed by atoms with Gasteiger partial charge in [-0.15, -0.1) is 5.10 Å². The molecule has 0 radical (unpaired) electrons. The molecule has 1 aromatic carbocycles. The van der Waals surface area contributed by atoms with Crippen LogP contribution in [0.25, 0.3) is 0 Å². The van der Waals surface area contributed by atoms with Gasteiger partial charge in [0.2, 0.25) is 5.91 Å². The summed E-state index contributed by atoms with van der Waals surface area (Å²) in [6.07, 6.45) is 1.92. The molecule has 0 unspecified atom stereocenters. The Kier molecular flexibility index (Phi) is 4.92. The number of amides is 1. The summed E-state index contributed by atoms with van der Waals surface area (Å²) in [5.41, 5.74) is 1.57. The van der Waals surface area contributed by atoms with E-state index in [0.29, 0.717) is 13.1 Å². The number of rotatable bonds is 5. The first-order chi connectivity index (χ1) is 10.3. The van der Waals surface area contributed by atoms with Gasteiger partial charge in [-0.05, 0) is 40.0 Å². The lowest BCUT2D eigenvalue weighted by Gasteiger charge is -2.18. The van der Waals surface area contributed by atoms with Gasteiger partial charge >= 0.3 is 0 Å². The molecule has 0 bridgehead atoms. The molecule has 6 nitrogen and oxygen atoms in total. The lowest BCUT2D eigenvalue weighted by atomic mass is 10.1. The van der Waals surface area contributed by atoms with Gasteiger partial charge in [-0.2, -0.15) is 0 Å². The van der Waals surface area contributed by atoms with Crippen molar-refractivity contribution in [1.29, 1.82) is 0 Å². The van der Waals surface area contributed by atoms with Gasteiger partial charge in [-0.25, -0.2) is 4.68 Å². The minimum absolute atomic E-state index is 0.0445. The summed E-state index contributed by atoms with van der Waals surface area (Å²) in [5.74, 6) is -0.0445. The number of carbonyl (C=O) groups is 1. The van der Waals surface area contributed by atoms with Crippen LogP contribution in [-0.4, -0.2) is 39.4 Å². The van der Waals surface area contributed by atoms with Gasteiger partial charge in [0.15, 0.2) is 0 Å². The lowest BCUT2D eigenvalue weighted by molar-refractivity contribution is -0.117. The van der Waals surface area contributed by atoms with Crippen molar-refractivity contribution >= 4 is 11.6 Å². The van der Waals surface area contributed by atoms with E-state index < -0.39 is 0 Å². The van der Waals surface area contributed by atoms with Crippen molar-refractivity contribution in [2.45, 2.75) is 32.9 Å². The summed E-state index contributed by atoms with van der Waals surface area (Å²) in [5, 5.41) is 11.1. The maximum absolute atomic E-state index is 12.0. The van der Waals surface area contributed by atoms with Gasteiger partial charge < -0.3 is 5.32 Å². The van der Waals surface area contributed by atoms with Crippen molar-refractivity contribution < 1.29 is 4.79 Å². The minimum atomic E-state index is -0.0888. The summed E-state index contributed by atoms with van der Waals surface area (Å²) >= 11 is 0. The second kappa shape index (κ2) is 6.70. The van der Waals surface area contributed by atoms with E-state index in [1.54, 1.807) is 0 Å². The first kappa shape index (κ1) is 16.2. The van der Waals surface area contributed by atoms with E-state index in [1.807, 2.05) is 53.2 Å². The number of benzene rings is 1. The summed E-state index contributed by atoms with van der Waals surface area (Å²) in [6.45, 7) is 7.10. The molecule has 0 aliphatic rings. The van der Waals surface area contributed by atoms with Crippen LogP contribution in [-0.2, 0) is 16.9 Å². The summed E-state index contributed by atoms with van der Waals surface area (Å²) < 4.78 is 1.83. The van der Waals surface area contributed by atoms with Crippen LogP contribution >= 0.6 is 0 Å². The van der Waals surface area contributed by atoms with E-state index in [9.17, 15) is 4.79 Å². The largest absolute Gasteiger partial charge is 0.325 e. The first-order valence-corrected chi connectivity index (χ1v) is 7.30. The fraction of sp³-hybridized carbons (Fsp3) is 0.438. The summed E-state index contributed by atoms with van der Waals surface area (Å²) in [4.78, 5) is 13.9. The highest BCUT2D eigenvalue weighted by Gasteiger charge is 2.16. The molecule has 1 N–H and O–H groups in total. The van der Waals surface area contributed by atoms with Gasteiger partial charge in [0.1, 0.15) is 0 Å². The van der Waals surface area contributed by atoms with Crippen molar-refractivity contribution in [3.05, 3.63) is 42.2 Å². The average molecular weight is 301 g/mol. The Balaban J connectivity index is 1.86. The van der Waals surface area contributed by atoms with Crippen LogP contribution < -0.4 is 5.32 Å². The van der Waals surface area contributed by atoms with E-state index in [4.69, 9.17) is 0 Å². The Bertz CT molecular complexity index is 615. The summed E-state index contributed by atoms with van der Waals surface area (Å²) in [6, 6.07) is 9.44. The zero-order valence-corrected chi connectivity index (χ0v) is 13.6.